The van der Waals surface area contributed by atoms with Gasteiger partial charge in [0.25, 0.3) is 0 Å². The number of aliphatic hydroxyl groups is 1. The zero-order valence-electron chi connectivity index (χ0n) is 15.2. The van der Waals surface area contributed by atoms with E-state index >= 15 is 0 Å². The predicted molar refractivity (Wildman–Crippen MR) is 97.2 cm³/mol. The van der Waals surface area contributed by atoms with E-state index in [1.807, 2.05) is 36.7 Å². The lowest BCUT2D eigenvalue weighted by molar-refractivity contribution is 0.204. The first-order valence-electron chi connectivity index (χ1n) is 9.12. The predicted octanol–water partition coefficient (Wildman–Crippen LogP) is 2.31. The molecule has 1 aromatic heterocycles. The molecule has 2 aliphatic rings. The molecule has 2 N–H and O–H groups in total. The molecule has 1 aromatic carbocycles. The molecule has 1 unspecified atom stereocenters. The van der Waals surface area contributed by atoms with Crippen LogP contribution in [0.4, 0.5) is 10.5 Å². The van der Waals surface area contributed by atoms with Crippen molar-refractivity contribution >= 4 is 11.7 Å². The van der Waals surface area contributed by atoms with Crippen molar-refractivity contribution in [2.24, 2.45) is 0 Å². The van der Waals surface area contributed by atoms with Gasteiger partial charge in [-0.1, -0.05) is 0 Å². The van der Waals surface area contributed by atoms with Gasteiger partial charge < -0.3 is 20.1 Å². The number of anilines is 1. The van der Waals surface area contributed by atoms with Gasteiger partial charge in [0.15, 0.2) is 0 Å². The third-order valence-electron chi connectivity index (χ3n) is 5.10. The van der Waals surface area contributed by atoms with Gasteiger partial charge in [0.1, 0.15) is 11.9 Å². The smallest absolute Gasteiger partial charge is 0.322 e. The maximum Gasteiger partial charge on any atom is 0.322 e. The molecule has 4 rings (SSSR count). The van der Waals surface area contributed by atoms with Crippen LogP contribution in [0.25, 0.3) is 0 Å². The number of benzene rings is 1. The Hall–Kier alpha value is -2.54. The van der Waals surface area contributed by atoms with E-state index in [1.54, 1.807) is 4.90 Å². The van der Waals surface area contributed by atoms with Crippen LogP contribution < -0.4 is 10.1 Å². The number of carbonyl (C=O) groups is 1. The molecular formula is C19H24N4O3. The van der Waals surface area contributed by atoms with Gasteiger partial charge in [-0.15, -0.1) is 0 Å². The van der Waals surface area contributed by atoms with Gasteiger partial charge in [0, 0.05) is 42.9 Å². The van der Waals surface area contributed by atoms with E-state index in [2.05, 4.69) is 10.4 Å². The zero-order chi connectivity index (χ0) is 18.3. The lowest BCUT2D eigenvalue weighted by atomic mass is 10.1. The molecule has 0 saturated carbocycles. The van der Waals surface area contributed by atoms with Gasteiger partial charge in [-0.25, -0.2) is 4.79 Å². The highest BCUT2D eigenvalue weighted by atomic mass is 16.5. The number of hydrogen-bond donors (Lipinski definition) is 2. The number of rotatable bonds is 3. The number of carbonyl (C=O) groups excluding carboxylic acids is 1. The van der Waals surface area contributed by atoms with Crippen molar-refractivity contribution in [1.29, 1.82) is 0 Å². The first kappa shape index (κ1) is 16.9. The Balaban J connectivity index is 1.48. The van der Waals surface area contributed by atoms with Crippen LogP contribution >= 0.6 is 0 Å². The van der Waals surface area contributed by atoms with E-state index < -0.39 is 0 Å². The maximum atomic E-state index is 12.7. The van der Waals surface area contributed by atoms with E-state index in [9.17, 15) is 9.90 Å². The minimum absolute atomic E-state index is 0.103. The molecular weight excluding hydrogens is 332 g/mol. The highest BCUT2D eigenvalue weighted by Gasteiger charge is 2.27. The van der Waals surface area contributed by atoms with Crippen LogP contribution in [0.1, 0.15) is 36.4 Å². The first-order chi connectivity index (χ1) is 12.6. The normalized spacial score (nSPS) is 18.3. The maximum absolute atomic E-state index is 12.7. The van der Waals surface area contributed by atoms with Crippen LogP contribution in [0.3, 0.4) is 0 Å². The molecule has 7 heteroatoms. The van der Waals surface area contributed by atoms with Crippen molar-refractivity contribution in [3.8, 4) is 5.75 Å². The fraction of sp³-hybridized carbons (Fsp3) is 0.474. The minimum atomic E-state index is -0.129. The van der Waals surface area contributed by atoms with Crippen molar-refractivity contribution in [3.63, 3.8) is 0 Å². The lowest BCUT2D eigenvalue weighted by Crippen LogP contribution is -2.39. The number of aryl methyl sites for hydroxylation is 1. The van der Waals surface area contributed by atoms with E-state index in [0.717, 1.165) is 47.6 Å². The average Bonchev–Trinajstić information content (AvgIpc) is 3.19. The highest BCUT2D eigenvalue weighted by molar-refractivity contribution is 5.89. The van der Waals surface area contributed by atoms with Crippen LogP contribution in [0.2, 0.25) is 0 Å². The Bertz CT molecular complexity index is 846. The second-order valence-electron chi connectivity index (χ2n) is 6.90. The summed E-state index contributed by atoms with van der Waals surface area (Å²) in [5.74, 6) is 0.901. The van der Waals surface area contributed by atoms with E-state index in [1.165, 1.54) is 0 Å². The summed E-state index contributed by atoms with van der Waals surface area (Å²) >= 11 is 0. The highest BCUT2D eigenvalue weighted by Crippen LogP contribution is 2.31. The summed E-state index contributed by atoms with van der Waals surface area (Å²) < 4.78 is 7.63. The number of nitrogens with one attached hydrogen (secondary N) is 1. The summed E-state index contributed by atoms with van der Waals surface area (Å²) in [5, 5.41) is 17.0. The Morgan fingerprint density at radius 1 is 1.46 bits per heavy atom. The number of aliphatic hydroxyl groups excluding tert-OH is 1. The van der Waals surface area contributed by atoms with Gasteiger partial charge >= 0.3 is 6.03 Å². The summed E-state index contributed by atoms with van der Waals surface area (Å²) in [6.45, 7) is 5.85. The van der Waals surface area contributed by atoms with Crippen LogP contribution in [0.15, 0.2) is 18.2 Å². The second-order valence-corrected chi connectivity index (χ2v) is 6.90. The summed E-state index contributed by atoms with van der Waals surface area (Å²) in [7, 11) is 0. The Morgan fingerprint density at radius 3 is 3.08 bits per heavy atom. The van der Waals surface area contributed by atoms with Crippen LogP contribution in [-0.4, -0.2) is 38.5 Å². The second kappa shape index (κ2) is 6.64. The van der Waals surface area contributed by atoms with E-state index in [-0.39, 0.29) is 18.7 Å². The topological polar surface area (TPSA) is 79.6 Å². The van der Waals surface area contributed by atoms with Gasteiger partial charge in [-0.3, -0.25) is 4.68 Å². The molecule has 0 bridgehead atoms. The first-order valence-corrected chi connectivity index (χ1v) is 9.12. The molecule has 0 saturated heterocycles. The summed E-state index contributed by atoms with van der Waals surface area (Å²) in [6, 6.07) is 5.65. The molecule has 2 aromatic rings. The van der Waals surface area contributed by atoms with Crippen molar-refractivity contribution < 1.29 is 14.6 Å². The number of fused-ring (bicyclic) bond motifs is 2. The molecule has 3 heterocycles. The van der Waals surface area contributed by atoms with Crippen LogP contribution in [0, 0.1) is 0 Å². The zero-order valence-corrected chi connectivity index (χ0v) is 15.2. The van der Waals surface area contributed by atoms with Crippen molar-refractivity contribution in [1.82, 2.24) is 14.7 Å². The average molecular weight is 356 g/mol. The van der Waals surface area contributed by atoms with E-state index in [0.29, 0.717) is 18.8 Å². The number of nitrogens with zero attached hydrogens (tertiary/aromatic N) is 3. The van der Waals surface area contributed by atoms with Gasteiger partial charge in [0.2, 0.25) is 0 Å². The molecule has 2 amide bonds. The fourth-order valence-electron chi connectivity index (χ4n) is 3.83. The van der Waals surface area contributed by atoms with Crippen molar-refractivity contribution in [3.05, 3.63) is 40.7 Å². The van der Waals surface area contributed by atoms with Crippen molar-refractivity contribution in [2.75, 3.05) is 11.9 Å². The van der Waals surface area contributed by atoms with Gasteiger partial charge in [-0.2, -0.15) is 5.10 Å². The molecule has 0 fully saturated rings. The Kier molecular flexibility index (Phi) is 4.32. The quantitative estimate of drug-likeness (QED) is 0.884. The monoisotopic (exact) mass is 356 g/mol. The summed E-state index contributed by atoms with van der Waals surface area (Å²) in [6.07, 6.45) is 1.80. The molecule has 138 valence electrons. The molecule has 2 aliphatic heterocycles. The van der Waals surface area contributed by atoms with Crippen LogP contribution in [0.5, 0.6) is 5.75 Å². The number of amides is 2. The molecule has 1 atom stereocenters. The lowest BCUT2D eigenvalue weighted by Gasteiger charge is -2.28. The van der Waals surface area contributed by atoms with Gasteiger partial charge in [-0.05, 0) is 37.6 Å². The third kappa shape index (κ3) is 2.92. The Morgan fingerprint density at radius 2 is 2.31 bits per heavy atom. The standard InChI is InChI=1S/C19H24N4O3/c1-3-23-17-6-7-22(10-15(17)16(11-24)21-23)19(25)20-14-4-5-18-13(9-14)8-12(2)26-18/h4-5,9,12,24H,3,6-8,10-11H2,1-2H3,(H,20,25). The third-order valence-corrected chi connectivity index (χ3v) is 5.10. The molecule has 0 aliphatic carbocycles. The molecule has 7 nitrogen and oxygen atoms in total. The van der Waals surface area contributed by atoms with Gasteiger partial charge in [0.05, 0.1) is 18.8 Å². The van der Waals surface area contributed by atoms with Crippen LogP contribution in [-0.2, 0) is 32.5 Å². The largest absolute Gasteiger partial charge is 0.490 e. The molecule has 0 spiro atoms. The number of urea groups is 1. The number of ether oxygens (including phenoxy) is 1. The van der Waals surface area contributed by atoms with Crippen molar-refractivity contribution in [2.45, 2.75) is 52.5 Å². The number of aromatic nitrogens is 2. The fourth-order valence-corrected chi connectivity index (χ4v) is 3.83. The molecule has 0 radical (unpaired) electrons. The number of hydrogen-bond acceptors (Lipinski definition) is 4. The summed E-state index contributed by atoms with van der Waals surface area (Å²) in [5.41, 5.74) is 4.69. The minimum Gasteiger partial charge on any atom is -0.490 e. The van der Waals surface area contributed by atoms with E-state index in [4.69, 9.17) is 4.74 Å². The Labute approximate surface area is 152 Å². The SMILES string of the molecule is CCn1nc(CO)c2c1CCN(C(=O)Nc1ccc3c(c1)CC(C)O3)C2. The summed E-state index contributed by atoms with van der Waals surface area (Å²) in [4.78, 5) is 14.5. The molecule has 26 heavy (non-hydrogen) atoms.